The van der Waals surface area contributed by atoms with E-state index in [1.54, 1.807) is 6.92 Å². The Labute approximate surface area is 87.2 Å². The third-order valence-electron chi connectivity index (χ3n) is 1.92. The highest BCUT2D eigenvalue weighted by Gasteiger charge is 2.34. The number of alkyl halides is 3. The molecule has 0 bridgehead atoms. The Morgan fingerprint density at radius 1 is 1.29 bits per heavy atom. The van der Waals surface area contributed by atoms with Crippen molar-refractivity contribution in [1.29, 1.82) is 0 Å². The molecule has 1 aromatic carbocycles. The lowest BCUT2D eigenvalue weighted by Gasteiger charge is -2.14. The van der Waals surface area contributed by atoms with Crippen molar-refractivity contribution in [3.63, 3.8) is 0 Å². The van der Waals surface area contributed by atoms with Gasteiger partial charge < -0.3 is 11.5 Å². The minimum atomic E-state index is -4.45. The van der Waals surface area contributed by atoms with E-state index in [1.165, 1.54) is 0 Å². The van der Waals surface area contributed by atoms with Crippen LogP contribution in [0.1, 0.15) is 11.1 Å². The highest BCUT2D eigenvalue weighted by Crippen LogP contribution is 2.40. The predicted molar refractivity (Wildman–Crippen MR) is 52.7 cm³/mol. The molecule has 2 nitrogen and oxygen atoms in total. The second-order valence-electron chi connectivity index (χ2n) is 2.86. The highest BCUT2D eigenvalue weighted by atomic mass is 79.9. The van der Waals surface area contributed by atoms with Gasteiger partial charge >= 0.3 is 6.18 Å². The quantitative estimate of drug-likeness (QED) is 0.711. The lowest BCUT2D eigenvalue weighted by molar-refractivity contribution is -0.138. The van der Waals surface area contributed by atoms with E-state index in [0.717, 1.165) is 6.07 Å². The fourth-order valence-corrected chi connectivity index (χ4v) is 1.64. The maximum absolute atomic E-state index is 12.4. The van der Waals surface area contributed by atoms with Gasteiger partial charge in [0.1, 0.15) is 0 Å². The average molecular weight is 269 g/mol. The molecule has 0 spiro atoms. The maximum atomic E-state index is 12.4. The SMILES string of the molecule is Cc1c(N)cc(C(F)(F)F)c(Br)c1N. The van der Waals surface area contributed by atoms with Crippen LogP contribution < -0.4 is 11.5 Å². The number of hydrogen-bond donors (Lipinski definition) is 2. The van der Waals surface area contributed by atoms with Crippen LogP contribution in [0.25, 0.3) is 0 Å². The van der Waals surface area contributed by atoms with Crippen molar-refractivity contribution >= 4 is 27.3 Å². The number of benzene rings is 1. The molecule has 6 heteroatoms. The molecule has 14 heavy (non-hydrogen) atoms. The number of nitrogens with two attached hydrogens (primary N) is 2. The van der Waals surface area contributed by atoms with E-state index in [2.05, 4.69) is 15.9 Å². The van der Waals surface area contributed by atoms with E-state index < -0.39 is 11.7 Å². The van der Waals surface area contributed by atoms with Crippen LogP contribution in [0.3, 0.4) is 0 Å². The summed E-state index contributed by atoms with van der Waals surface area (Å²) in [6.45, 7) is 1.57. The van der Waals surface area contributed by atoms with Crippen LogP contribution in [0.15, 0.2) is 10.5 Å². The number of hydrogen-bond acceptors (Lipinski definition) is 2. The molecule has 0 aromatic heterocycles. The number of halogens is 4. The fourth-order valence-electron chi connectivity index (χ4n) is 0.999. The van der Waals surface area contributed by atoms with Crippen molar-refractivity contribution in [3.8, 4) is 0 Å². The van der Waals surface area contributed by atoms with Gasteiger partial charge in [0.05, 0.1) is 15.7 Å². The smallest absolute Gasteiger partial charge is 0.398 e. The lowest BCUT2D eigenvalue weighted by Crippen LogP contribution is -2.10. The summed E-state index contributed by atoms with van der Waals surface area (Å²) in [6.07, 6.45) is -4.45. The summed E-state index contributed by atoms with van der Waals surface area (Å²) in [7, 11) is 0. The van der Waals surface area contributed by atoms with Gasteiger partial charge in [-0.05, 0) is 34.5 Å². The van der Waals surface area contributed by atoms with Gasteiger partial charge in [0.15, 0.2) is 0 Å². The number of anilines is 2. The summed E-state index contributed by atoms with van der Waals surface area (Å²) in [5.74, 6) is 0. The van der Waals surface area contributed by atoms with Crippen LogP contribution in [0, 0.1) is 6.92 Å². The number of rotatable bonds is 0. The van der Waals surface area contributed by atoms with E-state index in [-0.39, 0.29) is 15.8 Å². The predicted octanol–water partition coefficient (Wildman–Crippen LogP) is 2.94. The topological polar surface area (TPSA) is 52.0 Å². The van der Waals surface area contributed by atoms with E-state index in [1.807, 2.05) is 0 Å². The normalized spacial score (nSPS) is 11.8. The van der Waals surface area contributed by atoms with Crippen molar-refractivity contribution in [2.75, 3.05) is 11.5 Å². The van der Waals surface area contributed by atoms with Crippen LogP contribution in [-0.4, -0.2) is 0 Å². The molecule has 0 amide bonds. The molecule has 0 fully saturated rings. The van der Waals surface area contributed by atoms with Crippen LogP contribution in [0.5, 0.6) is 0 Å². The lowest BCUT2D eigenvalue weighted by atomic mass is 10.1. The molecular formula is C8H8BrF3N2. The molecule has 0 aliphatic carbocycles. The zero-order valence-corrected chi connectivity index (χ0v) is 8.83. The van der Waals surface area contributed by atoms with Gasteiger partial charge in [-0.1, -0.05) is 0 Å². The second-order valence-corrected chi connectivity index (χ2v) is 3.66. The molecule has 1 rings (SSSR count). The second kappa shape index (κ2) is 3.34. The largest absolute Gasteiger partial charge is 0.417 e. The van der Waals surface area contributed by atoms with E-state index >= 15 is 0 Å². The first-order chi connectivity index (χ1) is 6.25. The Kier molecular flexibility index (Phi) is 2.67. The first-order valence-corrected chi connectivity index (χ1v) is 4.45. The standard InChI is InChI=1S/C8H8BrF3N2/c1-3-5(13)2-4(8(10,11)12)6(9)7(3)14/h2H,13-14H2,1H3. The highest BCUT2D eigenvalue weighted by molar-refractivity contribution is 9.10. The Bertz CT molecular complexity index is 374. The van der Waals surface area contributed by atoms with Crippen LogP contribution >= 0.6 is 15.9 Å². The maximum Gasteiger partial charge on any atom is 0.417 e. The van der Waals surface area contributed by atoms with Gasteiger partial charge in [-0.2, -0.15) is 13.2 Å². The molecule has 0 saturated heterocycles. The number of nitrogen functional groups attached to an aromatic ring is 2. The zero-order chi connectivity index (χ0) is 11.1. The summed E-state index contributed by atoms with van der Waals surface area (Å²) >= 11 is 2.80. The van der Waals surface area contributed by atoms with Gasteiger partial charge in [0.25, 0.3) is 0 Å². The van der Waals surface area contributed by atoms with Crippen LogP contribution in [0.4, 0.5) is 24.5 Å². The third kappa shape index (κ3) is 1.79. The van der Waals surface area contributed by atoms with Gasteiger partial charge in [0.2, 0.25) is 0 Å². The first kappa shape index (κ1) is 11.2. The van der Waals surface area contributed by atoms with Crippen LogP contribution in [-0.2, 0) is 6.18 Å². The summed E-state index contributed by atoms with van der Waals surface area (Å²) in [6, 6.07) is 0.871. The van der Waals surface area contributed by atoms with Crippen molar-refractivity contribution < 1.29 is 13.2 Å². The minimum absolute atomic E-state index is 0.0253. The Hall–Kier alpha value is -0.910. The van der Waals surface area contributed by atoms with Gasteiger partial charge in [-0.15, -0.1) is 0 Å². The fraction of sp³-hybridized carbons (Fsp3) is 0.250. The molecule has 0 atom stereocenters. The molecule has 0 aliphatic heterocycles. The van der Waals surface area contributed by atoms with E-state index in [0.29, 0.717) is 5.56 Å². The summed E-state index contributed by atoms with van der Waals surface area (Å²) in [5.41, 5.74) is 10.5. The third-order valence-corrected chi connectivity index (χ3v) is 2.77. The molecule has 4 N–H and O–H groups in total. The van der Waals surface area contributed by atoms with Crippen molar-refractivity contribution in [1.82, 2.24) is 0 Å². The van der Waals surface area contributed by atoms with E-state index in [4.69, 9.17) is 11.5 Å². The molecular weight excluding hydrogens is 261 g/mol. The van der Waals surface area contributed by atoms with Gasteiger partial charge in [-0.25, -0.2) is 0 Å². The summed E-state index contributed by atoms with van der Waals surface area (Å²) < 4.78 is 37.0. The monoisotopic (exact) mass is 268 g/mol. The molecule has 0 aliphatic rings. The van der Waals surface area contributed by atoms with Crippen LogP contribution in [0.2, 0.25) is 0 Å². The van der Waals surface area contributed by atoms with Crippen molar-refractivity contribution in [3.05, 3.63) is 21.7 Å². The Morgan fingerprint density at radius 3 is 2.21 bits per heavy atom. The molecule has 78 valence electrons. The van der Waals surface area contributed by atoms with Gasteiger partial charge in [0, 0.05) is 5.69 Å². The van der Waals surface area contributed by atoms with Gasteiger partial charge in [-0.3, -0.25) is 0 Å². The van der Waals surface area contributed by atoms with Crippen molar-refractivity contribution in [2.45, 2.75) is 13.1 Å². The summed E-state index contributed by atoms with van der Waals surface area (Å²) in [4.78, 5) is 0. The minimum Gasteiger partial charge on any atom is -0.398 e. The molecule has 0 saturated carbocycles. The van der Waals surface area contributed by atoms with Crippen molar-refractivity contribution in [2.24, 2.45) is 0 Å². The summed E-state index contributed by atoms with van der Waals surface area (Å²) in [5, 5.41) is 0. The zero-order valence-electron chi connectivity index (χ0n) is 7.24. The molecule has 0 heterocycles. The molecule has 0 radical (unpaired) electrons. The average Bonchev–Trinajstić information content (AvgIpc) is 2.06. The molecule has 1 aromatic rings. The molecule has 0 unspecified atom stereocenters. The Morgan fingerprint density at radius 2 is 1.79 bits per heavy atom. The Balaban J connectivity index is 3.49. The van der Waals surface area contributed by atoms with E-state index in [9.17, 15) is 13.2 Å². The first-order valence-electron chi connectivity index (χ1n) is 3.66.